The second kappa shape index (κ2) is 4.74. The summed E-state index contributed by atoms with van der Waals surface area (Å²) in [4.78, 5) is 11.9. The van der Waals surface area contributed by atoms with E-state index in [1.807, 2.05) is 0 Å². The predicted octanol–water partition coefficient (Wildman–Crippen LogP) is 2.89. The quantitative estimate of drug-likeness (QED) is 0.735. The number of carbonyl (C=O) groups is 1. The second-order valence-electron chi connectivity index (χ2n) is 4.22. The van der Waals surface area contributed by atoms with Gasteiger partial charge in [-0.25, -0.2) is 4.39 Å². The number of aryl methyl sites for hydroxylation is 1. The van der Waals surface area contributed by atoms with Crippen LogP contribution in [0.25, 0.3) is 0 Å². The molecule has 3 heteroatoms. The molecule has 16 heavy (non-hydrogen) atoms. The van der Waals surface area contributed by atoms with Gasteiger partial charge in [0.1, 0.15) is 5.82 Å². The van der Waals surface area contributed by atoms with Crippen LogP contribution in [-0.4, -0.2) is 18.5 Å². The average molecular weight is 222 g/mol. The van der Waals surface area contributed by atoms with E-state index in [2.05, 4.69) is 0 Å². The SMILES string of the molecule is Cc1cc(F)ccc1C(=O)CC1CCCO1. The Hall–Kier alpha value is -1.22. The van der Waals surface area contributed by atoms with E-state index in [-0.39, 0.29) is 17.7 Å². The van der Waals surface area contributed by atoms with Crippen LogP contribution >= 0.6 is 0 Å². The normalized spacial score (nSPS) is 20.0. The molecule has 1 aromatic rings. The van der Waals surface area contributed by atoms with Crippen molar-refractivity contribution in [3.63, 3.8) is 0 Å². The van der Waals surface area contributed by atoms with Crippen LogP contribution in [0, 0.1) is 12.7 Å². The highest BCUT2D eigenvalue weighted by Gasteiger charge is 2.20. The van der Waals surface area contributed by atoms with Gasteiger partial charge in [0, 0.05) is 18.6 Å². The fourth-order valence-corrected chi connectivity index (χ4v) is 2.06. The van der Waals surface area contributed by atoms with E-state index in [1.165, 1.54) is 12.1 Å². The predicted molar refractivity (Wildman–Crippen MR) is 59.1 cm³/mol. The molecule has 1 aliphatic rings. The fourth-order valence-electron chi connectivity index (χ4n) is 2.06. The second-order valence-corrected chi connectivity index (χ2v) is 4.22. The van der Waals surface area contributed by atoms with Crippen molar-refractivity contribution in [1.29, 1.82) is 0 Å². The molecule has 1 unspecified atom stereocenters. The van der Waals surface area contributed by atoms with Gasteiger partial charge in [0.2, 0.25) is 0 Å². The Morgan fingerprint density at radius 1 is 1.56 bits per heavy atom. The molecule has 1 aliphatic heterocycles. The van der Waals surface area contributed by atoms with Crippen LogP contribution in [0.5, 0.6) is 0 Å². The summed E-state index contributed by atoms with van der Waals surface area (Å²) in [6, 6.07) is 4.28. The Labute approximate surface area is 94.4 Å². The zero-order valence-electron chi connectivity index (χ0n) is 9.33. The summed E-state index contributed by atoms with van der Waals surface area (Å²) in [5.74, 6) is -0.254. The molecule has 1 saturated heterocycles. The Morgan fingerprint density at radius 3 is 3.00 bits per heavy atom. The number of rotatable bonds is 3. The van der Waals surface area contributed by atoms with Gasteiger partial charge in [0.15, 0.2) is 5.78 Å². The summed E-state index contributed by atoms with van der Waals surface area (Å²) in [5.41, 5.74) is 1.31. The molecule has 1 aromatic carbocycles. The number of ketones is 1. The third-order valence-electron chi connectivity index (χ3n) is 2.93. The third-order valence-corrected chi connectivity index (χ3v) is 2.93. The van der Waals surface area contributed by atoms with Gasteiger partial charge < -0.3 is 4.74 Å². The molecule has 0 N–H and O–H groups in total. The fraction of sp³-hybridized carbons (Fsp3) is 0.462. The van der Waals surface area contributed by atoms with Gasteiger partial charge in [-0.15, -0.1) is 0 Å². The van der Waals surface area contributed by atoms with Gasteiger partial charge in [0.25, 0.3) is 0 Å². The van der Waals surface area contributed by atoms with Crippen LogP contribution in [0.15, 0.2) is 18.2 Å². The molecule has 1 atom stereocenters. The molecule has 0 aliphatic carbocycles. The van der Waals surface area contributed by atoms with Crippen LogP contribution in [0.3, 0.4) is 0 Å². The molecular weight excluding hydrogens is 207 g/mol. The lowest BCUT2D eigenvalue weighted by Gasteiger charge is -2.09. The van der Waals surface area contributed by atoms with E-state index in [0.29, 0.717) is 17.5 Å². The molecule has 0 spiro atoms. The first kappa shape index (κ1) is 11.3. The first-order chi connectivity index (χ1) is 7.66. The van der Waals surface area contributed by atoms with Gasteiger partial charge in [0.05, 0.1) is 6.10 Å². The molecule has 0 amide bonds. The number of ether oxygens (including phenoxy) is 1. The summed E-state index contributed by atoms with van der Waals surface area (Å²) in [5, 5.41) is 0. The van der Waals surface area contributed by atoms with Crippen molar-refractivity contribution >= 4 is 5.78 Å². The molecule has 86 valence electrons. The lowest BCUT2D eigenvalue weighted by molar-refractivity contribution is 0.0775. The average Bonchev–Trinajstić information content (AvgIpc) is 2.70. The lowest BCUT2D eigenvalue weighted by Crippen LogP contribution is -2.13. The van der Waals surface area contributed by atoms with Gasteiger partial charge in [-0.2, -0.15) is 0 Å². The summed E-state index contributed by atoms with van der Waals surface area (Å²) >= 11 is 0. The summed E-state index contributed by atoms with van der Waals surface area (Å²) in [7, 11) is 0. The first-order valence-corrected chi connectivity index (χ1v) is 5.58. The maximum Gasteiger partial charge on any atom is 0.165 e. The van der Waals surface area contributed by atoms with E-state index < -0.39 is 0 Å². The summed E-state index contributed by atoms with van der Waals surface area (Å²) in [6.45, 7) is 2.51. The van der Waals surface area contributed by atoms with Crippen LogP contribution in [0.2, 0.25) is 0 Å². The molecule has 2 nitrogen and oxygen atoms in total. The van der Waals surface area contributed by atoms with Crippen molar-refractivity contribution in [2.75, 3.05) is 6.61 Å². The van der Waals surface area contributed by atoms with E-state index in [0.717, 1.165) is 19.4 Å². The monoisotopic (exact) mass is 222 g/mol. The van der Waals surface area contributed by atoms with Crippen molar-refractivity contribution in [1.82, 2.24) is 0 Å². The summed E-state index contributed by atoms with van der Waals surface area (Å²) in [6.07, 6.45) is 2.44. The largest absolute Gasteiger partial charge is 0.378 e. The van der Waals surface area contributed by atoms with E-state index >= 15 is 0 Å². The van der Waals surface area contributed by atoms with E-state index in [4.69, 9.17) is 4.74 Å². The minimum atomic E-state index is -0.300. The van der Waals surface area contributed by atoms with Crippen LogP contribution < -0.4 is 0 Å². The van der Waals surface area contributed by atoms with Crippen molar-refractivity contribution in [2.24, 2.45) is 0 Å². The number of halogens is 1. The Kier molecular flexibility index (Phi) is 3.34. The zero-order chi connectivity index (χ0) is 11.5. The maximum absolute atomic E-state index is 12.9. The van der Waals surface area contributed by atoms with Gasteiger partial charge >= 0.3 is 0 Å². The topological polar surface area (TPSA) is 26.3 Å². The third kappa shape index (κ3) is 2.47. The smallest absolute Gasteiger partial charge is 0.165 e. The highest BCUT2D eigenvalue weighted by Crippen LogP contribution is 2.19. The van der Waals surface area contributed by atoms with Crippen LogP contribution in [-0.2, 0) is 4.74 Å². The zero-order valence-corrected chi connectivity index (χ0v) is 9.33. The molecule has 1 fully saturated rings. The minimum absolute atomic E-state index is 0.0457. The molecule has 0 aromatic heterocycles. The summed E-state index contributed by atoms with van der Waals surface area (Å²) < 4.78 is 18.3. The molecule has 1 heterocycles. The van der Waals surface area contributed by atoms with Crippen LogP contribution in [0.1, 0.15) is 35.2 Å². The number of Topliss-reactive ketones (excluding diaryl/α,β-unsaturated/α-hetero) is 1. The van der Waals surface area contributed by atoms with Gasteiger partial charge in [-0.1, -0.05) is 0 Å². The van der Waals surface area contributed by atoms with Crippen LogP contribution in [0.4, 0.5) is 4.39 Å². The molecule has 0 bridgehead atoms. The highest BCUT2D eigenvalue weighted by molar-refractivity contribution is 5.97. The first-order valence-electron chi connectivity index (χ1n) is 5.58. The number of hydrogen-bond acceptors (Lipinski definition) is 2. The minimum Gasteiger partial charge on any atom is -0.378 e. The van der Waals surface area contributed by atoms with Gasteiger partial charge in [-0.05, 0) is 43.5 Å². The molecule has 0 saturated carbocycles. The molecule has 0 radical (unpaired) electrons. The number of hydrogen-bond donors (Lipinski definition) is 0. The Bertz CT molecular complexity index is 395. The van der Waals surface area contributed by atoms with Crippen molar-refractivity contribution in [3.8, 4) is 0 Å². The van der Waals surface area contributed by atoms with Gasteiger partial charge in [-0.3, -0.25) is 4.79 Å². The van der Waals surface area contributed by atoms with Crippen molar-refractivity contribution < 1.29 is 13.9 Å². The molecular formula is C13H15FO2. The number of benzene rings is 1. The van der Waals surface area contributed by atoms with Crippen molar-refractivity contribution in [3.05, 3.63) is 35.1 Å². The number of carbonyl (C=O) groups excluding carboxylic acids is 1. The lowest BCUT2D eigenvalue weighted by atomic mass is 9.99. The van der Waals surface area contributed by atoms with E-state index in [1.54, 1.807) is 13.0 Å². The van der Waals surface area contributed by atoms with Crippen molar-refractivity contribution in [2.45, 2.75) is 32.3 Å². The highest BCUT2D eigenvalue weighted by atomic mass is 19.1. The Balaban J connectivity index is 2.08. The Morgan fingerprint density at radius 2 is 2.38 bits per heavy atom. The standard InChI is InChI=1S/C13H15FO2/c1-9-7-10(14)4-5-12(9)13(15)8-11-3-2-6-16-11/h4-5,7,11H,2-3,6,8H2,1H3. The van der Waals surface area contributed by atoms with E-state index in [9.17, 15) is 9.18 Å². The maximum atomic E-state index is 12.9. The molecule has 2 rings (SSSR count).